The van der Waals surface area contributed by atoms with E-state index in [4.69, 9.17) is 19.2 Å². The summed E-state index contributed by atoms with van der Waals surface area (Å²) >= 11 is 0. The summed E-state index contributed by atoms with van der Waals surface area (Å²) in [6.07, 6.45) is 3.47. The van der Waals surface area contributed by atoms with Crippen LogP contribution in [0.15, 0.2) is 71.0 Å². The average molecular weight is 388 g/mol. The van der Waals surface area contributed by atoms with Gasteiger partial charge < -0.3 is 14.2 Å². The summed E-state index contributed by atoms with van der Waals surface area (Å²) in [7, 11) is 4.84. The lowest BCUT2D eigenvalue weighted by atomic mass is 10.0. The fourth-order valence-electron chi connectivity index (χ4n) is 3.09. The molecular formula is C22H20N4O3. The van der Waals surface area contributed by atoms with E-state index in [0.717, 1.165) is 33.8 Å². The van der Waals surface area contributed by atoms with E-state index in [1.807, 2.05) is 48.5 Å². The van der Waals surface area contributed by atoms with E-state index in [0.29, 0.717) is 17.3 Å². The van der Waals surface area contributed by atoms with Gasteiger partial charge in [-0.1, -0.05) is 0 Å². The predicted molar refractivity (Wildman–Crippen MR) is 112 cm³/mol. The molecule has 0 radical (unpaired) electrons. The zero-order valence-electron chi connectivity index (χ0n) is 16.3. The van der Waals surface area contributed by atoms with Crippen LogP contribution in [-0.4, -0.2) is 37.9 Å². The highest BCUT2D eigenvalue weighted by Crippen LogP contribution is 2.31. The van der Waals surface area contributed by atoms with Gasteiger partial charge in [0.15, 0.2) is 17.3 Å². The Morgan fingerprint density at radius 2 is 1.55 bits per heavy atom. The van der Waals surface area contributed by atoms with Crippen LogP contribution in [0.4, 0.5) is 5.69 Å². The number of pyridine rings is 1. The van der Waals surface area contributed by atoms with Crippen LogP contribution >= 0.6 is 0 Å². The largest absolute Gasteiger partial charge is 0.497 e. The Hall–Kier alpha value is -3.87. The molecule has 7 heteroatoms. The molecule has 2 heterocycles. The van der Waals surface area contributed by atoms with Crippen molar-refractivity contribution in [1.82, 2.24) is 10.4 Å². The van der Waals surface area contributed by atoms with Crippen LogP contribution < -0.4 is 19.6 Å². The molecule has 0 spiro atoms. The maximum absolute atomic E-state index is 5.42. The molecule has 0 fully saturated rings. The van der Waals surface area contributed by atoms with E-state index in [1.54, 1.807) is 33.7 Å². The molecule has 2 aromatic carbocycles. The number of hydrogen-bond donors (Lipinski definition) is 1. The van der Waals surface area contributed by atoms with Crippen LogP contribution in [0.1, 0.15) is 16.7 Å². The first kappa shape index (κ1) is 18.5. The van der Waals surface area contributed by atoms with Gasteiger partial charge in [0, 0.05) is 29.1 Å². The first-order chi connectivity index (χ1) is 14.2. The Balaban J connectivity index is 1.85. The number of benzene rings is 2. The number of aliphatic imine (C=N–C) groups is 1. The average Bonchev–Trinajstić information content (AvgIpc) is 2.98. The highest BCUT2D eigenvalue weighted by atomic mass is 16.5. The van der Waals surface area contributed by atoms with E-state index in [9.17, 15) is 0 Å². The third kappa shape index (κ3) is 3.62. The third-order valence-corrected chi connectivity index (χ3v) is 4.58. The van der Waals surface area contributed by atoms with Crippen LogP contribution in [0.2, 0.25) is 0 Å². The minimum Gasteiger partial charge on any atom is -0.497 e. The summed E-state index contributed by atoms with van der Waals surface area (Å²) in [4.78, 5) is 8.91. The van der Waals surface area contributed by atoms with Gasteiger partial charge in [0.25, 0.3) is 0 Å². The molecular weight excluding hydrogens is 368 g/mol. The molecule has 146 valence electrons. The Morgan fingerprint density at radius 1 is 0.759 bits per heavy atom. The van der Waals surface area contributed by atoms with Crippen molar-refractivity contribution in [3.8, 4) is 17.2 Å². The minimum absolute atomic E-state index is 0.599. The van der Waals surface area contributed by atoms with Gasteiger partial charge in [-0.15, -0.1) is 0 Å². The van der Waals surface area contributed by atoms with Gasteiger partial charge in [-0.25, -0.2) is 4.99 Å². The fourth-order valence-corrected chi connectivity index (χ4v) is 3.09. The summed E-state index contributed by atoms with van der Waals surface area (Å²) in [6.45, 7) is 0. The van der Waals surface area contributed by atoms with Crippen LogP contribution in [-0.2, 0) is 0 Å². The number of hydrogen-bond acceptors (Lipinski definition) is 7. The van der Waals surface area contributed by atoms with Crippen molar-refractivity contribution in [3.63, 3.8) is 0 Å². The summed E-state index contributed by atoms with van der Waals surface area (Å²) in [6, 6.07) is 15.1. The number of nitrogens with one attached hydrogen (secondary N) is 1. The summed E-state index contributed by atoms with van der Waals surface area (Å²) in [5.41, 5.74) is 7.23. The maximum Gasteiger partial charge on any atom is 0.161 e. The second-order valence-electron chi connectivity index (χ2n) is 6.22. The molecule has 29 heavy (non-hydrogen) atoms. The zero-order valence-corrected chi connectivity index (χ0v) is 16.3. The fraction of sp³-hybridized carbons (Fsp3) is 0.136. The van der Waals surface area contributed by atoms with Gasteiger partial charge in [-0.2, -0.15) is 5.10 Å². The van der Waals surface area contributed by atoms with Crippen molar-refractivity contribution >= 4 is 17.2 Å². The van der Waals surface area contributed by atoms with Crippen molar-refractivity contribution in [2.45, 2.75) is 0 Å². The minimum atomic E-state index is 0.599. The van der Waals surface area contributed by atoms with Gasteiger partial charge in [0.05, 0.1) is 27.0 Å². The number of methoxy groups -OCH3 is 3. The highest BCUT2D eigenvalue weighted by molar-refractivity contribution is 6.18. The Kier molecular flexibility index (Phi) is 5.11. The van der Waals surface area contributed by atoms with Crippen molar-refractivity contribution in [3.05, 3.63) is 77.6 Å². The van der Waals surface area contributed by atoms with Crippen LogP contribution in [0.25, 0.3) is 0 Å². The van der Waals surface area contributed by atoms with Crippen molar-refractivity contribution < 1.29 is 14.2 Å². The third-order valence-electron chi connectivity index (χ3n) is 4.58. The zero-order chi connectivity index (χ0) is 20.2. The predicted octanol–water partition coefficient (Wildman–Crippen LogP) is 3.54. The van der Waals surface area contributed by atoms with Crippen molar-refractivity contribution in [1.29, 1.82) is 0 Å². The smallest absolute Gasteiger partial charge is 0.161 e. The number of fused-ring (bicyclic) bond motifs is 1. The van der Waals surface area contributed by atoms with Gasteiger partial charge in [0.2, 0.25) is 0 Å². The lowest BCUT2D eigenvalue weighted by Gasteiger charge is -2.10. The van der Waals surface area contributed by atoms with Gasteiger partial charge in [-0.3, -0.25) is 10.4 Å². The molecule has 0 aliphatic carbocycles. The van der Waals surface area contributed by atoms with Gasteiger partial charge in [0.1, 0.15) is 11.5 Å². The molecule has 1 aliphatic heterocycles. The molecule has 0 unspecified atom stereocenters. The van der Waals surface area contributed by atoms with E-state index in [2.05, 4.69) is 15.5 Å². The van der Waals surface area contributed by atoms with Gasteiger partial charge >= 0.3 is 0 Å². The lowest BCUT2D eigenvalue weighted by molar-refractivity contribution is 0.355. The van der Waals surface area contributed by atoms with E-state index in [1.165, 1.54) is 0 Å². The normalized spacial score (nSPS) is 12.7. The highest BCUT2D eigenvalue weighted by Gasteiger charge is 2.19. The SMILES string of the molecule is COc1ccc2c(c1)C(c1ccncc1)=NNC(c1ccc(OC)c(OC)c1)=N2. The molecule has 1 aliphatic rings. The number of ether oxygens (including phenoxy) is 3. The summed E-state index contributed by atoms with van der Waals surface area (Å²) < 4.78 is 16.2. The van der Waals surface area contributed by atoms with Gasteiger partial charge in [-0.05, 0) is 48.5 Å². The number of rotatable bonds is 5. The van der Waals surface area contributed by atoms with E-state index < -0.39 is 0 Å². The molecule has 0 saturated carbocycles. The van der Waals surface area contributed by atoms with Crippen LogP contribution in [0.3, 0.4) is 0 Å². The topological polar surface area (TPSA) is 77.3 Å². The number of aromatic nitrogens is 1. The van der Waals surface area contributed by atoms with E-state index >= 15 is 0 Å². The molecule has 1 aromatic heterocycles. The maximum atomic E-state index is 5.42. The molecule has 0 bridgehead atoms. The standard InChI is InChI=1S/C22H20N4O3/c1-27-16-5-6-18-17(13-16)21(14-8-10-23-11-9-14)25-26-22(24-18)15-4-7-19(28-2)20(12-15)29-3/h4-13H,1-3H3,(H,24,26). The monoisotopic (exact) mass is 388 g/mol. The first-order valence-corrected chi connectivity index (χ1v) is 8.97. The number of nitrogens with zero attached hydrogens (tertiary/aromatic N) is 3. The van der Waals surface area contributed by atoms with Crippen LogP contribution in [0.5, 0.6) is 17.2 Å². The second-order valence-corrected chi connectivity index (χ2v) is 6.22. The van der Waals surface area contributed by atoms with E-state index in [-0.39, 0.29) is 0 Å². The Bertz CT molecular complexity index is 1090. The number of hydrazone groups is 1. The summed E-state index contributed by atoms with van der Waals surface area (Å²) in [5, 5.41) is 4.65. The first-order valence-electron chi connectivity index (χ1n) is 8.97. The molecule has 1 N–H and O–H groups in total. The van der Waals surface area contributed by atoms with Crippen molar-refractivity contribution in [2.24, 2.45) is 10.1 Å². The lowest BCUT2D eigenvalue weighted by Crippen LogP contribution is -2.19. The molecule has 4 rings (SSSR count). The van der Waals surface area contributed by atoms with Crippen LogP contribution in [0, 0.1) is 0 Å². The molecule has 0 atom stereocenters. The van der Waals surface area contributed by atoms with Crippen molar-refractivity contribution in [2.75, 3.05) is 21.3 Å². The summed E-state index contributed by atoms with van der Waals surface area (Å²) in [5.74, 6) is 2.60. The molecule has 0 saturated heterocycles. The Morgan fingerprint density at radius 3 is 2.28 bits per heavy atom. The molecule has 7 nitrogen and oxygen atoms in total. The molecule has 0 amide bonds. The Labute approximate surface area is 168 Å². The second kappa shape index (κ2) is 8.02. The quantitative estimate of drug-likeness (QED) is 0.723. The number of amidine groups is 1. The molecule has 3 aromatic rings.